The summed E-state index contributed by atoms with van der Waals surface area (Å²) >= 11 is 1.40. The number of fused-ring (bicyclic) bond motifs is 1. The SMILES string of the molecule is COC(=O)c1c(NC(=O)c2ccc(N(C)S(=O)(=O)c3ccc(OC)c(OC)c3)cc2)sc2c1CCCC2. The summed E-state index contributed by atoms with van der Waals surface area (Å²) in [5.41, 5.74) is 2.07. The maximum Gasteiger partial charge on any atom is 0.341 e. The van der Waals surface area contributed by atoms with Gasteiger partial charge in [0.1, 0.15) is 5.00 Å². The van der Waals surface area contributed by atoms with Gasteiger partial charge in [-0.05, 0) is 67.6 Å². The molecule has 0 atom stereocenters. The smallest absolute Gasteiger partial charge is 0.341 e. The lowest BCUT2D eigenvalue weighted by molar-refractivity contribution is 0.0601. The number of amides is 1. The maximum atomic E-state index is 13.2. The Balaban J connectivity index is 1.55. The summed E-state index contributed by atoms with van der Waals surface area (Å²) in [7, 11) is 1.76. The molecule has 11 heteroatoms. The zero-order valence-corrected chi connectivity index (χ0v) is 22.6. The monoisotopic (exact) mass is 544 g/mol. The molecule has 196 valence electrons. The highest BCUT2D eigenvalue weighted by atomic mass is 32.2. The van der Waals surface area contributed by atoms with Gasteiger partial charge in [0.25, 0.3) is 15.9 Å². The topological polar surface area (TPSA) is 111 Å². The van der Waals surface area contributed by atoms with Gasteiger partial charge in [0.2, 0.25) is 0 Å². The highest BCUT2D eigenvalue weighted by Crippen LogP contribution is 2.39. The predicted octanol–water partition coefficient (Wildman–Crippen LogP) is 4.51. The lowest BCUT2D eigenvalue weighted by atomic mass is 9.95. The molecule has 0 saturated carbocycles. The van der Waals surface area contributed by atoms with E-state index in [0.29, 0.717) is 33.3 Å². The molecule has 1 amide bonds. The lowest BCUT2D eigenvalue weighted by Crippen LogP contribution is -2.26. The third-order valence-electron chi connectivity index (χ3n) is 6.29. The minimum absolute atomic E-state index is 0.0338. The zero-order chi connectivity index (χ0) is 26.7. The van der Waals surface area contributed by atoms with E-state index in [0.717, 1.165) is 40.4 Å². The molecule has 1 aliphatic carbocycles. The van der Waals surface area contributed by atoms with Gasteiger partial charge < -0.3 is 19.5 Å². The van der Waals surface area contributed by atoms with E-state index in [-0.39, 0.29) is 4.90 Å². The second kappa shape index (κ2) is 10.8. The van der Waals surface area contributed by atoms with Crippen molar-refractivity contribution in [3.63, 3.8) is 0 Å². The number of nitrogens with zero attached hydrogens (tertiary/aromatic N) is 1. The summed E-state index contributed by atoms with van der Waals surface area (Å²) in [6, 6.07) is 10.5. The molecule has 9 nitrogen and oxygen atoms in total. The van der Waals surface area contributed by atoms with Crippen LogP contribution in [0.2, 0.25) is 0 Å². The number of anilines is 2. The number of rotatable bonds is 8. The van der Waals surface area contributed by atoms with Gasteiger partial charge in [-0.15, -0.1) is 11.3 Å². The van der Waals surface area contributed by atoms with E-state index in [4.69, 9.17) is 14.2 Å². The second-order valence-corrected chi connectivity index (χ2v) is 11.5. The van der Waals surface area contributed by atoms with Crippen LogP contribution in [0.5, 0.6) is 11.5 Å². The summed E-state index contributed by atoms with van der Waals surface area (Å²) in [4.78, 5) is 26.6. The number of esters is 1. The number of benzene rings is 2. The number of aryl methyl sites for hydroxylation is 1. The van der Waals surface area contributed by atoms with Crippen molar-refractivity contribution >= 4 is 43.9 Å². The van der Waals surface area contributed by atoms with Crippen molar-refractivity contribution in [1.29, 1.82) is 0 Å². The van der Waals surface area contributed by atoms with Crippen LogP contribution < -0.4 is 19.1 Å². The number of hydrogen-bond acceptors (Lipinski definition) is 8. The van der Waals surface area contributed by atoms with Gasteiger partial charge >= 0.3 is 5.97 Å². The molecule has 1 heterocycles. The molecular formula is C26H28N2O7S2. The Kier molecular flexibility index (Phi) is 7.74. The molecule has 2 aromatic carbocycles. The van der Waals surface area contributed by atoms with Crippen LogP contribution in [0.4, 0.5) is 10.7 Å². The predicted molar refractivity (Wildman–Crippen MR) is 142 cm³/mol. The van der Waals surface area contributed by atoms with E-state index in [1.807, 2.05) is 0 Å². The van der Waals surface area contributed by atoms with Crippen molar-refractivity contribution < 1.29 is 32.2 Å². The Labute approximate surface area is 220 Å². The van der Waals surface area contributed by atoms with E-state index in [9.17, 15) is 18.0 Å². The van der Waals surface area contributed by atoms with Gasteiger partial charge in [-0.25, -0.2) is 13.2 Å². The van der Waals surface area contributed by atoms with E-state index in [2.05, 4.69) is 5.32 Å². The van der Waals surface area contributed by atoms with Crippen LogP contribution in [-0.2, 0) is 27.6 Å². The van der Waals surface area contributed by atoms with Crippen LogP contribution in [-0.4, -0.2) is 48.7 Å². The standard InChI is InChI=1S/C26H28N2O7S2/c1-28(37(31,32)18-13-14-20(33-2)21(15-18)34-3)17-11-9-16(10-12-17)24(29)27-25-23(26(30)35-4)19-7-5-6-8-22(19)36-25/h9-15H,5-8H2,1-4H3,(H,27,29). The molecule has 0 radical (unpaired) electrons. The second-order valence-electron chi connectivity index (χ2n) is 8.40. The van der Waals surface area contributed by atoms with E-state index < -0.39 is 21.9 Å². The van der Waals surface area contributed by atoms with Crippen molar-refractivity contribution in [3.05, 3.63) is 64.0 Å². The fourth-order valence-corrected chi connectivity index (χ4v) is 6.73. The Hall–Kier alpha value is -3.57. The number of carbonyl (C=O) groups excluding carboxylic acids is 2. The first-order chi connectivity index (χ1) is 17.7. The Bertz CT molecular complexity index is 1430. The van der Waals surface area contributed by atoms with Crippen molar-refractivity contribution in [1.82, 2.24) is 0 Å². The van der Waals surface area contributed by atoms with Gasteiger partial charge in [0, 0.05) is 23.6 Å². The van der Waals surface area contributed by atoms with Gasteiger partial charge in [-0.1, -0.05) is 0 Å². The average Bonchev–Trinajstić information content (AvgIpc) is 3.29. The van der Waals surface area contributed by atoms with Crippen LogP contribution in [0.3, 0.4) is 0 Å². The third-order valence-corrected chi connectivity index (χ3v) is 9.28. The number of carbonyl (C=O) groups is 2. The Morgan fingerprint density at radius 3 is 2.27 bits per heavy atom. The fourth-order valence-electron chi connectivity index (χ4n) is 4.24. The number of ether oxygens (including phenoxy) is 3. The van der Waals surface area contributed by atoms with Crippen LogP contribution in [0, 0.1) is 0 Å². The summed E-state index contributed by atoms with van der Waals surface area (Å²) in [5.74, 6) is -0.153. The molecule has 1 aromatic heterocycles. The number of nitrogens with one attached hydrogen (secondary N) is 1. The first kappa shape index (κ1) is 26.5. The summed E-state index contributed by atoms with van der Waals surface area (Å²) < 4.78 is 42.9. The molecule has 0 spiro atoms. The van der Waals surface area contributed by atoms with Gasteiger partial charge in [0.05, 0.1) is 37.5 Å². The number of methoxy groups -OCH3 is 3. The fraction of sp³-hybridized carbons (Fsp3) is 0.308. The minimum atomic E-state index is -3.90. The van der Waals surface area contributed by atoms with Crippen molar-refractivity contribution in [2.24, 2.45) is 0 Å². The molecule has 4 rings (SSSR count). The molecule has 0 unspecified atom stereocenters. The van der Waals surface area contributed by atoms with Crippen molar-refractivity contribution in [2.75, 3.05) is 38.0 Å². The molecule has 1 N–H and O–H groups in total. The maximum absolute atomic E-state index is 13.2. The molecule has 0 bridgehead atoms. The summed E-state index contributed by atoms with van der Waals surface area (Å²) in [5, 5.41) is 3.32. The highest BCUT2D eigenvalue weighted by molar-refractivity contribution is 7.92. The highest BCUT2D eigenvalue weighted by Gasteiger charge is 2.27. The first-order valence-corrected chi connectivity index (χ1v) is 13.8. The molecule has 1 aliphatic rings. The molecular weight excluding hydrogens is 516 g/mol. The molecule has 37 heavy (non-hydrogen) atoms. The van der Waals surface area contributed by atoms with Crippen molar-refractivity contribution in [2.45, 2.75) is 30.6 Å². The Morgan fingerprint density at radius 1 is 0.946 bits per heavy atom. The van der Waals surface area contributed by atoms with Gasteiger partial charge in [-0.3, -0.25) is 9.10 Å². The van der Waals surface area contributed by atoms with Crippen LogP contribution in [0.25, 0.3) is 0 Å². The van der Waals surface area contributed by atoms with Crippen LogP contribution in [0.1, 0.15) is 44.0 Å². The molecule has 0 fully saturated rings. The summed E-state index contributed by atoms with van der Waals surface area (Å²) in [6.07, 6.45) is 3.68. The molecule has 3 aromatic rings. The van der Waals surface area contributed by atoms with Gasteiger partial charge in [-0.2, -0.15) is 0 Å². The van der Waals surface area contributed by atoms with E-state index >= 15 is 0 Å². The Morgan fingerprint density at radius 2 is 1.62 bits per heavy atom. The number of thiophene rings is 1. The van der Waals surface area contributed by atoms with Crippen LogP contribution >= 0.6 is 11.3 Å². The minimum Gasteiger partial charge on any atom is -0.493 e. The number of sulfonamides is 1. The molecule has 0 saturated heterocycles. The first-order valence-electron chi connectivity index (χ1n) is 11.6. The molecule has 0 aliphatic heterocycles. The van der Waals surface area contributed by atoms with Crippen molar-refractivity contribution in [3.8, 4) is 11.5 Å². The number of hydrogen-bond donors (Lipinski definition) is 1. The average molecular weight is 545 g/mol. The van der Waals surface area contributed by atoms with Gasteiger partial charge in [0.15, 0.2) is 11.5 Å². The van der Waals surface area contributed by atoms with Crippen LogP contribution in [0.15, 0.2) is 47.4 Å². The summed E-state index contributed by atoms with van der Waals surface area (Å²) in [6.45, 7) is 0. The van der Waals surface area contributed by atoms with E-state index in [1.165, 1.54) is 70.0 Å². The quantitative estimate of drug-likeness (QED) is 0.416. The third kappa shape index (κ3) is 5.14. The largest absolute Gasteiger partial charge is 0.493 e. The van der Waals surface area contributed by atoms with E-state index in [1.54, 1.807) is 12.1 Å². The zero-order valence-electron chi connectivity index (χ0n) is 21.0. The normalized spacial score (nSPS) is 12.9. The lowest BCUT2D eigenvalue weighted by Gasteiger charge is -2.20.